The van der Waals surface area contributed by atoms with Crippen LogP contribution in [0.25, 0.3) is 60.1 Å². The smallest absolute Gasteiger partial charge is 0.244 e. The fraction of sp³-hybridized carbons (Fsp3) is 0.0556. The van der Waals surface area contributed by atoms with Crippen LogP contribution in [0.15, 0.2) is 95.7 Å². The van der Waals surface area contributed by atoms with Gasteiger partial charge in [0.2, 0.25) is 0 Å². The molecule has 12 heteroatoms. The number of aromatic nitrogens is 2. The molecular formula is C36H14F6N6. The van der Waals surface area contributed by atoms with Crippen LogP contribution < -0.4 is 0 Å². The minimum Gasteiger partial charge on any atom is -0.244 e. The van der Waals surface area contributed by atoms with E-state index in [-0.39, 0.29) is 28.4 Å². The molecule has 0 saturated carbocycles. The zero-order valence-electron chi connectivity index (χ0n) is 24.0. The fourth-order valence-electron chi connectivity index (χ4n) is 5.90. The van der Waals surface area contributed by atoms with Crippen LogP contribution in [0.5, 0.6) is 0 Å². The van der Waals surface area contributed by atoms with Crippen LogP contribution in [0, 0.1) is 24.5 Å². The lowest BCUT2D eigenvalue weighted by atomic mass is 9.97. The van der Waals surface area contributed by atoms with E-state index in [0.29, 0.717) is 55.9 Å². The maximum Gasteiger partial charge on any atom is 0.416 e. The van der Waals surface area contributed by atoms with Gasteiger partial charge in [0, 0.05) is 22.3 Å². The predicted octanol–water partition coefficient (Wildman–Crippen LogP) is 9.68. The minimum atomic E-state index is -4.50. The Balaban J connectivity index is 1.36. The third-order valence-corrected chi connectivity index (χ3v) is 8.13. The average Bonchev–Trinajstić information content (AvgIpc) is 3.55. The van der Waals surface area contributed by atoms with Crippen molar-refractivity contribution in [3.63, 3.8) is 0 Å². The normalized spacial score (nSPS) is 14.7. The number of nitriles is 1. The summed E-state index contributed by atoms with van der Waals surface area (Å²) in [5.74, 6) is 0. The molecule has 0 saturated heterocycles. The molecule has 7 rings (SSSR count). The van der Waals surface area contributed by atoms with E-state index in [1.165, 1.54) is 24.3 Å². The highest BCUT2D eigenvalue weighted by atomic mass is 19.4. The van der Waals surface area contributed by atoms with E-state index < -0.39 is 23.5 Å². The number of nitrogens with zero attached hydrogens (tertiary/aromatic N) is 6. The first-order valence-electron chi connectivity index (χ1n) is 14.0. The van der Waals surface area contributed by atoms with Gasteiger partial charge in [0.1, 0.15) is 5.69 Å². The molecule has 0 amide bonds. The topological polar surface area (TPSA) is 70.6 Å². The highest BCUT2D eigenvalue weighted by Gasteiger charge is 2.37. The molecule has 0 fully saturated rings. The first-order valence-corrected chi connectivity index (χ1v) is 14.0. The van der Waals surface area contributed by atoms with Crippen LogP contribution in [0.2, 0.25) is 0 Å². The van der Waals surface area contributed by atoms with E-state index >= 15 is 0 Å². The summed E-state index contributed by atoms with van der Waals surface area (Å²) in [6.07, 6.45) is -8.99. The number of benzene rings is 4. The standard InChI is InChI=1S/C36H14F6N6/c1-44-28(17-43)29-26-15-20(18-3-9-22(10-4-18)35(37,38)39)7-13-24(26)30-33(29)46-31-25-14-8-21(16-27(25)32(48-45-2)34(31)47-30)19-5-11-23(12-6-19)36(40,41)42/h3-16H/b29-28-,48-32-. The van der Waals surface area contributed by atoms with Crippen LogP contribution in [0.4, 0.5) is 26.3 Å². The molecule has 2 aliphatic rings. The number of fused-ring (bicyclic) bond motifs is 6. The van der Waals surface area contributed by atoms with Gasteiger partial charge in [-0.25, -0.2) is 20.1 Å². The molecule has 4 aromatic carbocycles. The molecule has 1 heterocycles. The van der Waals surface area contributed by atoms with E-state index in [2.05, 4.69) is 14.9 Å². The minimum absolute atomic E-state index is 0.199. The van der Waals surface area contributed by atoms with Crippen molar-refractivity contribution in [3.05, 3.63) is 147 Å². The van der Waals surface area contributed by atoms with Gasteiger partial charge in [0.25, 0.3) is 5.70 Å². The number of allylic oxidation sites excluding steroid dienone is 1. The maximum absolute atomic E-state index is 13.1. The number of rotatable bonds is 2. The monoisotopic (exact) mass is 644 g/mol. The molecule has 230 valence electrons. The Kier molecular flexibility index (Phi) is 6.74. The predicted molar refractivity (Wildman–Crippen MR) is 164 cm³/mol. The van der Waals surface area contributed by atoms with Crippen molar-refractivity contribution in [2.45, 2.75) is 12.4 Å². The van der Waals surface area contributed by atoms with Crippen molar-refractivity contribution in [1.29, 1.82) is 5.26 Å². The molecule has 48 heavy (non-hydrogen) atoms. The fourth-order valence-corrected chi connectivity index (χ4v) is 5.90. The molecule has 0 radical (unpaired) electrons. The Bertz CT molecular complexity index is 2370. The zero-order valence-corrected chi connectivity index (χ0v) is 24.0. The van der Waals surface area contributed by atoms with Crippen molar-refractivity contribution < 1.29 is 26.3 Å². The van der Waals surface area contributed by atoms with E-state index in [1.54, 1.807) is 36.4 Å². The van der Waals surface area contributed by atoms with Gasteiger partial charge >= 0.3 is 12.4 Å². The van der Waals surface area contributed by atoms with Crippen molar-refractivity contribution in [3.8, 4) is 50.8 Å². The van der Waals surface area contributed by atoms with Crippen LogP contribution in [0.1, 0.15) is 33.6 Å². The first kappa shape index (κ1) is 30.1. The van der Waals surface area contributed by atoms with Gasteiger partial charge < -0.3 is 0 Å². The Labute approximate surface area is 268 Å². The summed E-state index contributed by atoms with van der Waals surface area (Å²) in [6, 6.07) is 21.3. The SMILES string of the molecule is [C-]#[N+]/N=C1/c2cc(-c3ccc(C(F)(F)F)cc3)ccc2-c2nc3c(nc21)-c1ccc(-c2ccc(C(F)(F)F)cc2)cc1/C3=C(\C#N)[N+]#[C-]. The molecular weight excluding hydrogens is 630 g/mol. The number of hydrogen-bond acceptors (Lipinski definition) is 4. The molecule has 0 spiro atoms. The first-order chi connectivity index (χ1) is 22.9. The zero-order chi connectivity index (χ0) is 34.0. The Morgan fingerprint density at radius 3 is 1.54 bits per heavy atom. The Morgan fingerprint density at radius 2 is 1.06 bits per heavy atom. The van der Waals surface area contributed by atoms with E-state index in [1.807, 2.05) is 6.07 Å². The van der Waals surface area contributed by atoms with Crippen molar-refractivity contribution in [1.82, 2.24) is 9.97 Å². The molecule has 2 aliphatic carbocycles. The number of halogens is 6. The summed E-state index contributed by atoms with van der Waals surface area (Å²) in [6.45, 7) is 15.1. The second kappa shape index (κ2) is 10.8. The highest BCUT2D eigenvalue weighted by Crippen LogP contribution is 2.48. The summed E-state index contributed by atoms with van der Waals surface area (Å²) in [4.78, 5) is 16.3. The molecule has 5 aromatic rings. The van der Waals surface area contributed by atoms with Crippen molar-refractivity contribution >= 4 is 11.3 Å². The van der Waals surface area contributed by atoms with E-state index in [4.69, 9.17) is 23.1 Å². The molecule has 1 aromatic heterocycles. The molecule has 0 N–H and O–H groups in total. The quantitative estimate of drug-likeness (QED) is 0.0815. The Hall–Kier alpha value is -6.58. The van der Waals surface area contributed by atoms with Gasteiger partial charge in [-0.3, -0.25) is 0 Å². The van der Waals surface area contributed by atoms with Crippen LogP contribution in [-0.2, 0) is 12.4 Å². The van der Waals surface area contributed by atoms with Crippen LogP contribution in [0.3, 0.4) is 0 Å². The van der Waals surface area contributed by atoms with Gasteiger partial charge in [-0.15, -0.1) is 4.95 Å². The molecule has 0 atom stereocenters. The largest absolute Gasteiger partial charge is 0.416 e. The van der Waals surface area contributed by atoms with Crippen LogP contribution >= 0.6 is 0 Å². The lowest BCUT2D eigenvalue weighted by Gasteiger charge is -2.09. The van der Waals surface area contributed by atoms with Crippen LogP contribution in [-0.4, -0.2) is 15.7 Å². The summed E-state index contributed by atoms with van der Waals surface area (Å²) in [5, 5.41) is 13.9. The summed E-state index contributed by atoms with van der Waals surface area (Å²) in [7, 11) is 0. The third-order valence-electron chi connectivity index (χ3n) is 8.13. The van der Waals surface area contributed by atoms with Crippen molar-refractivity contribution in [2.24, 2.45) is 5.10 Å². The second-order valence-corrected chi connectivity index (χ2v) is 10.8. The van der Waals surface area contributed by atoms with Gasteiger partial charge in [-0.2, -0.15) is 32.9 Å². The van der Waals surface area contributed by atoms with Crippen molar-refractivity contribution in [2.75, 3.05) is 0 Å². The van der Waals surface area contributed by atoms with Gasteiger partial charge in [0.15, 0.2) is 5.71 Å². The van der Waals surface area contributed by atoms with Gasteiger partial charge in [0.05, 0.1) is 46.0 Å². The lowest BCUT2D eigenvalue weighted by molar-refractivity contribution is -0.138. The van der Waals surface area contributed by atoms with E-state index in [9.17, 15) is 31.6 Å². The average molecular weight is 645 g/mol. The molecule has 6 nitrogen and oxygen atoms in total. The Morgan fingerprint density at radius 1 is 0.604 bits per heavy atom. The number of hydrogen-bond donors (Lipinski definition) is 0. The van der Waals surface area contributed by atoms with Gasteiger partial charge in [-0.1, -0.05) is 48.5 Å². The lowest BCUT2D eigenvalue weighted by Crippen LogP contribution is -2.04. The maximum atomic E-state index is 13.1. The molecule has 0 aliphatic heterocycles. The highest BCUT2D eigenvalue weighted by molar-refractivity contribution is 6.24. The second-order valence-electron chi connectivity index (χ2n) is 10.8. The van der Waals surface area contributed by atoms with Gasteiger partial charge in [-0.05, 0) is 64.2 Å². The molecule has 0 unspecified atom stereocenters. The van der Waals surface area contributed by atoms with E-state index in [0.717, 1.165) is 24.3 Å². The molecule has 0 bridgehead atoms. The third kappa shape index (κ3) is 4.77. The summed E-state index contributed by atoms with van der Waals surface area (Å²) < 4.78 is 78.8. The summed E-state index contributed by atoms with van der Waals surface area (Å²) >= 11 is 0. The number of alkyl halides is 6. The summed E-state index contributed by atoms with van der Waals surface area (Å²) in [5.41, 5.74) is 3.81.